The van der Waals surface area contributed by atoms with Crippen LogP contribution in [0.5, 0.6) is 0 Å². The van der Waals surface area contributed by atoms with Gasteiger partial charge in [0.15, 0.2) is 0 Å². The Morgan fingerprint density at radius 3 is 2.57 bits per heavy atom. The highest BCUT2D eigenvalue weighted by Crippen LogP contribution is 2.35. The molecule has 3 heteroatoms. The van der Waals surface area contributed by atoms with Gasteiger partial charge in [-0.3, -0.25) is 0 Å². The van der Waals surface area contributed by atoms with Crippen LogP contribution in [0.1, 0.15) is 40.0 Å². The zero-order chi connectivity index (χ0) is 10.7. The molecule has 0 N–H and O–H groups in total. The minimum absolute atomic E-state index is 0.0288. The van der Waals surface area contributed by atoms with Crippen molar-refractivity contribution in [2.45, 2.75) is 46.1 Å². The smallest absolute Gasteiger partial charge is 0.404 e. The van der Waals surface area contributed by atoms with Gasteiger partial charge in [0, 0.05) is 11.6 Å². The molecule has 0 bridgehead atoms. The molecule has 1 aliphatic rings. The zero-order valence-corrected chi connectivity index (χ0v) is 9.88. The first-order valence-corrected chi connectivity index (χ1v) is 5.74. The third kappa shape index (κ3) is 3.16. The van der Waals surface area contributed by atoms with E-state index >= 15 is 0 Å². The quantitative estimate of drug-likeness (QED) is 0.659. The first kappa shape index (κ1) is 11.8. The molecule has 2 unspecified atom stereocenters. The van der Waals surface area contributed by atoms with Gasteiger partial charge in [0.1, 0.15) is 6.10 Å². The van der Waals surface area contributed by atoms with Gasteiger partial charge in [-0.2, -0.15) is 0 Å². The Morgan fingerprint density at radius 1 is 1.43 bits per heavy atom. The normalized spacial score (nSPS) is 33.1. The van der Waals surface area contributed by atoms with Crippen LogP contribution >= 0.6 is 11.6 Å². The van der Waals surface area contributed by atoms with E-state index in [2.05, 4.69) is 20.8 Å². The standard InChI is InChI=1S/C11H19ClO2/c1-7(2)9-5-4-8(3)10(6-9)14-11(12)13/h7-10H,4-6H2,1-3H3/t8-,9?,10?/m1/s1. The first-order chi connectivity index (χ1) is 6.50. The molecule has 82 valence electrons. The van der Waals surface area contributed by atoms with Crippen LogP contribution in [0.15, 0.2) is 0 Å². The van der Waals surface area contributed by atoms with Crippen LogP contribution < -0.4 is 0 Å². The summed E-state index contributed by atoms with van der Waals surface area (Å²) in [4.78, 5) is 10.7. The van der Waals surface area contributed by atoms with Crippen LogP contribution in [0.3, 0.4) is 0 Å². The summed E-state index contributed by atoms with van der Waals surface area (Å²) in [6.07, 6.45) is 3.38. The van der Waals surface area contributed by atoms with Crippen molar-refractivity contribution in [2.75, 3.05) is 0 Å². The Kier molecular flexibility index (Phi) is 4.24. The second kappa shape index (κ2) is 5.01. The minimum Gasteiger partial charge on any atom is -0.450 e. The lowest BCUT2D eigenvalue weighted by Crippen LogP contribution is -2.32. The number of carbonyl (C=O) groups is 1. The monoisotopic (exact) mass is 218 g/mol. The third-order valence-electron chi connectivity index (χ3n) is 3.35. The van der Waals surface area contributed by atoms with Crippen LogP contribution in [0.4, 0.5) is 4.79 Å². The Hall–Kier alpha value is -0.240. The molecule has 0 amide bonds. The van der Waals surface area contributed by atoms with E-state index in [1.807, 2.05) is 0 Å². The van der Waals surface area contributed by atoms with E-state index in [1.165, 1.54) is 6.42 Å². The molecule has 0 aromatic rings. The number of hydrogen-bond acceptors (Lipinski definition) is 2. The van der Waals surface area contributed by atoms with Crippen molar-refractivity contribution in [3.63, 3.8) is 0 Å². The average Bonchev–Trinajstić information content (AvgIpc) is 2.07. The van der Waals surface area contributed by atoms with Crippen LogP contribution in [0, 0.1) is 17.8 Å². The molecule has 0 aromatic carbocycles. The van der Waals surface area contributed by atoms with Crippen molar-refractivity contribution in [2.24, 2.45) is 17.8 Å². The maximum absolute atomic E-state index is 10.7. The Labute approximate surface area is 91.0 Å². The Bertz CT molecular complexity index is 203. The van der Waals surface area contributed by atoms with Gasteiger partial charge in [-0.15, -0.1) is 0 Å². The molecule has 14 heavy (non-hydrogen) atoms. The highest BCUT2D eigenvalue weighted by Gasteiger charge is 2.31. The fourth-order valence-corrected chi connectivity index (χ4v) is 2.31. The van der Waals surface area contributed by atoms with Crippen molar-refractivity contribution in [1.29, 1.82) is 0 Å². The van der Waals surface area contributed by atoms with Gasteiger partial charge < -0.3 is 4.74 Å². The lowest BCUT2D eigenvalue weighted by atomic mass is 9.76. The first-order valence-electron chi connectivity index (χ1n) is 5.36. The molecule has 1 fully saturated rings. The van der Waals surface area contributed by atoms with E-state index in [9.17, 15) is 4.79 Å². The summed E-state index contributed by atoms with van der Waals surface area (Å²) >= 11 is 5.24. The van der Waals surface area contributed by atoms with Crippen LogP contribution in [-0.4, -0.2) is 11.5 Å². The van der Waals surface area contributed by atoms with Crippen molar-refractivity contribution in [3.8, 4) is 0 Å². The topological polar surface area (TPSA) is 26.3 Å². The van der Waals surface area contributed by atoms with E-state index < -0.39 is 5.43 Å². The summed E-state index contributed by atoms with van der Waals surface area (Å²) in [5.74, 6) is 1.79. The average molecular weight is 219 g/mol. The predicted octanol–water partition coefficient (Wildman–Crippen LogP) is 3.82. The lowest BCUT2D eigenvalue weighted by molar-refractivity contribution is 0.0302. The van der Waals surface area contributed by atoms with E-state index in [4.69, 9.17) is 16.3 Å². The Balaban J connectivity index is 2.50. The molecule has 2 nitrogen and oxygen atoms in total. The minimum atomic E-state index is -0.661. The lowest BCUT2D eigenvalue weighted by Gasteiger charge is -2.35. The molecule has 0 spiro atoms. The number of hydrogen-bond donors (Lipinski definition) is 0. The molecule has 1 rings (SSSR count). The number of carbonyl (C=O) groups excluding carboxylic acids is 1. The van der Waals surface area contributed by atoms with Crippen molar-refractivity contribution >= 4 is 17.0 Å². The number of rotatable bonds is 2. The van der Waals surface area contributed by atoms with Crippen molar-refractivity contribution in [1.82, 2.24) is 0 Å². The van der Waals surface area contributed by atoms with Crippen LogP contribution in [0.25, 0.3) is 0 Å². The fourth-order valence-electron chi connectivity index (χ4n) is 2.20. The summed E-state index contributed by atoms with van der Waals surface area (Å²) in [5, 5.41) is 0. The molecule has 0 saturated heterocycles. The second-order valence-corrected chi connectivity index (χ2v) is 5.00. The van der Waals surface area contributed by atoms with Crippen LogP contribution in [-0.2, 0) is 4.74 Å². The highest BCUT2D eigenvalue weighted by atomic mass is 35.5. The third-order valence-corrected chi connectivity index (χ3v) is 3.44. The number of ether oxygens (including phenoxy) is 1. The maximum atomic E-state index is 10.7. The molecule has 3 atom stereocenters. The molecule has 1 aliphatic carbocycles. The summed E-state index contributed by atoms with van der Waals surface area (Å²) in [7, 11) is 0. The molecule has 0 aromatic heterocycles. The van der Waals surface area contributed by atoms with E-state index in [0.717, 1.165) is 12.8 Å². The van der Waals surface area contributed by atoms with Gasteiger partial charge in [0.2, 0.25) is 0 Å². The molecule has 1 saturated carbocycles. The van der Waals surface area contributed by atoms with E-state index in [1.54, 1.807) is 0 Å². The van der Waals surface area contributed by atoms with Gasteiger partial charge in [-0.05, 0) is 37.0 Å². The van der Waals surface area contributed by atoms with Gasteiger partial charge >= 0.3 is 5.43 Å². The summed E-state index contributed by atoms with van der Waals surface area (Å²) in [6.45, 7) is 6.57. The fraction of sp³-hybridized carbons (Fsp3) is 0.909. The van der Waals surface area contributed by atoms with E-state index in [-0.39, 0.29) is 6.10 Å². The Morgan fingerprint density at radius 2 is 2.07 bits per heavy atom. The molecule has 0 heterocycles. The SMILES string of the molecule is CC(C)C1CC[C@@H](C)C(OC(=O)Cl)C1. The molecule has 0 aliphatic heterocycles. The zero-order valence-electron chi connectivity index (χ0n) is 9.13. The summed E-state index contributed by atoms with van der Waals surface area (Å²) < 4.78 is 5.11. The molecule has 0 radical (unpaired) electrons. The van der Waals surface area contributed by atoms with Gasteiger partial charge in [0.05, 0.1) is 0 Å². The molecular formula is C11H19ClO2. The molecular weight excluding hydrogens is 200 g/mol. The predicted molar refractivity (Wildman–Crippen MR) is 57.5 cm³/mol. The van der Waals surface area contributed by atoms with Gasteiger partial charge in [-0.1, -0.05) is 20.8 Å². The largest absolute Gasteiger partial charge is 0.450 e. The summed E-state index contributed by atoms with van der Waals surface area (Å²) in [5.41, 5.74) is -0.661. The highest BCUT2D eigenvalue weighted by molar-refractivity contribution is 6.61. The van der Waals surface area contributed by atoms with Crippen molar-refractivity contribution in [3.05, 3.63) is 0 Å². The van der Waals surface area contributed by atoms with Gasteiger partial charge in [-0.25, -0.2) is 4.79 Å². The van der Waals surface area contributed by atoms with E-state index in [0.29, 0.717) is 17.8 Å². The summed E-state index contributed by atoms with van der Waals surface area (Å²) in [6, 6.07) is 0. The van der Waals surface area contributed by atoms with Crippen LogP contribution in [0.2, 0.25) is 0 Å². The maximum Gasteiger partial charge on any atom is 0.404 e. The van der Waals surface area contributed by atoms with Crippen molar-refractivity contribution < 1.29 is 9.53 Å². The second-order valence-electron chi connectivity index (χ2n) is 4.69. The number of halogens is 1. The van der Waals surface area contributed by atoms with Gasteiger partial charge in [0.25, 0.3) is 0 Å².